The molecular weight excluding hydrogens is 260 g/mol. The van der Waals surface area contributed by atoms with Crippen LogP contribution in [0.5, 0.6) is 0 Å². The first-order chi connectivity index (χ1) is 10.2. The number of unbranched alkanes of at least 4 members (excludes halogenated alkanes) is 1. The summed E-state index contributed by atoms with van der Waals surface area (Å²) >= 11 is 0. The van der Waals surface area contributed by atoms with Gasteiger partial charge in [-0.25, -0.2) is 0 Å². The van der Waals surface area contributed by atoms with Gasteiger partial charge in [-0.2, -0.15) is 0 Å². The monoisotopic (exact) mass is 288 g/mol. The lowest BCUT2D eigenvalue weighted by Crippen LogP contribution is -2.43. The van der Waals surface area contributed by atoms with Crippen molar-refractivity contribution in [3.05, 3.63) is 35.4 Å². The lowest BCUT2D eigenvalue weighted by Gasteiger charge is -2.31. The van der Waals surface area contributed by atoms with Crippen LogP contribution in [0.2, 0.25) is 0 Å². The van der Waals surface area contributed by atoms with Gasteiger partial charge in [-0.1, -0.05) is 29.8 Å². The third kappa shape index (κ3) is 5.16. The van der Waals surface area contributed by atoms with E-state index in [4.69, 9.17) is 0 Å². The Morgan fingerprint density at radius 1 is 1.19 bits per heavy atom. The highest BCUT2D eigenvalue weighted by Gasteiger charge is 2.21. The van der Waals surface area contributed by atoms with E-state index >= 15 is 0 Å². The Kier molecular flexibility index (Phi) is 6.24. The van der Waals surface area contributed by atoms with E-state index in [0.29, 0.717) is 18.4 Å². The Morgan fingerprint density at radius 3 is 2.52 bits per heavy atom. The molecule has 116 valence electrons. The maximum Gasteiger partial charge on any atom is 0.222 e. The molecule has 1 aromatic carbocycles. The molecule has 1 aromatic rings. The first-order valence-electron chi connectivity index (χ1n) is 8.19. The summed E-state index contributed by atoms with van der Waals surface area (Å²) in [5.74, 6) is 0.311. The second-order valence-corrected chi connectivity index (χ2v) is 6.18. The van der Waals surface area contributed by atoms with E-state index in [1.165, 1.54) is 11.1 Å². The SMILES string of the molecule is Cc1ccc(CCCCC(=O)N(C)C2CCNCC2)cc1. The highest BCUT2D eigenvalue weighted by Crippen LogP contribution is 2.13. The van der Waals surface area contributed by atoms with Gasteiger partial charge in [0.2, 0.25) is 5.91 Å². The highest BCUT2D eigenvalue weighted by atomic mass is 16.2. The zero-order valence-corrected chi connectivity index (χ0v) is 13.4. The molecule has 1 fully saturated rings. The summed E-state index contributed by atoms with van der Waals surface area (Å²) in [6.07, 6.45) is 6.02. The predicted octanol–water partition coefficient (Wildman–Crippen LogP) is 2.92. The molecule has 1 heterocycles. The fourth-order valence-corrected chi connectivity index (χ4v) is 2.93. The molecule has 0 saturated carbocycles. The third-order valence-electron chi connectivity index (χ3n) is 4.48. The molecular formula is C18H28N2O. The number of carbonyl (C=O) groups excluding carboxylic acids is 1. The molecule has 1 aliphatic rings. The molecule has 3 nitrogen and oxygen atoms in total. The standard InChI is InChI=1S/C18H28N2O/c1-15-7-9-16(10-8-15)5-3-4-6-18(21)20(2)17-11-13-19-14-12-17/h7-10,17,19H,3-6,11-14H2,1-2H3. The lowest BCUT2D eigenvalue weighted by atomic mass is 10.0. The smallest absolute Gasteiger partial charge is 0.222 e. The fraction of sp³-hybridized carbons (Fsp3) is 0.611. The van der Waals surface area contributed by atoms with Crippen molar-refractivity contribution in [2.24, 2.45) is 0 Å². The fourth-order valence-electron chi connectivity index (χ4n) is 2.93. The molecule has 0 aromatic heterocycles. The molecule has 1 amide bonds. The van der Waals surface area contributed by atoms with E-state index in [1.54, 1.807) is 0 Å². The maximum absolute atomic E-state index is 12.2. The Bertz CT molecular complexity index is 435. The topological polar surface area (TPSA) is 32.3 Å². The van der Waals surface area contributed by atoms with Gasteiger partial charge in [-0.3, -0.25) is 4.79 Å². The van der Waals surface area contributed by atoms with Gasteiger partial charge in [-0.15, -0.1) is 0 Å². The number of carbonyl (C=O) groups is 1. The first kappa shape index (κ1) is 16.0. The molecule has 21 heavy (non-hydrogen) atoms. The summed E-state index contributed by atoms with van der Waals surface area (Å²) in [6.45, 7) is 4.19. The van der Waals surface area contributed by atoms with Crippen LogP contribution in [0, 0.1) is 6.92 Å². The average Bonchev–Trinajstić information content (AvgIpc) is 2.53. The van der Waals surface area contributed by atoms with E-state index < -0.39 is 0 Å². The van der Waals surface area contributed by atoms with Gasteiger partial charge >= 0.3 is 0 Å². The zero-order chi connectivity index (χ0) is 15.1. The molecule has 1 aliphatic heterocycles. The number of nitrogens with zero attached hydrogens (tertiary/aromatic N) is 1. The van der Waals surface area contributed by atoms with Crippen molar-refractivity contribution in [1.82, 2.24) is 10.2 Å². The van der Waals surface area contributed by atoms with E-state index in [0.717, 1.165) is 45.2 Å². The van der Waals surface area contributed by atoms with Crippen LogP contribution in [-0.2, 0) is 11.2 Å². The normalized spacial score (nSPS) is 15.9. The Labute approximate surface area is 128 Å². The number of benzene rings is 1. The van der Waals surface area contributed by atoms with Gasteiger partial charge in [0.05, 0.1) is 0 Å². The Balaban J connectivity index is 1.65. The van der Waals surface area contributed by atoms with Gasteiger partial charge in [0.1, 0.15) is 0 Å². The number of piperidine rings is 1. The van der Waals surface area contributed by atoms with Crippen LogP contribution < -0.4 is 5.32 Å². The van der Waals surface area contributed by atoms with Crippen molar-refractivity contribution in [3.63, 3.8) is 0 Å². The van der Waals surface area contributed by atoms with Crippen molar-refractivity contribution < 1.29 is 4.79 Å². The van der Waals surface area contributed by atoms with E-state index in [-0.39, 0.29) is 0 Å². The Morgan fingerprint density at radius 2 is 1.86 bits per heavy atom. The van der Waals surface area contributed by atoms with Crippen LogP contribution in [0.1, 0.15) is 43.2 Å². The van der Waals surface area contributed by atoms with Gasteiger partial charge < -0.3 is 10.2 Å². The first-order valence-corrected chi connectivity index (χ1v) is 8.19. The maximum atomic E-state index is 12.2. The molecule has 0 spiro atoms. The summed E-state index contributed by atoms with van der Waals surface area (Å²) in [4.78, 5) is 14.2. The van der Waals surface area contributed by atoms with Crippen LogP contribution in [0.4, 0.5) is 0 Å². The highest BCUT2D eigenvalue weighted by molar-refractivity contribution is 5.76. The summed E-state index contributed by atoms with van der Waals surface area (Å²) in [6, 6.07) is 9.14. The number of rotatable bonds is 6. The second-order valence-electron chi connectivity index (χ2n) is 6.18. The van der Waals surface area contributed by atoms with Crippen molar-refractivity contribution in [2.45, 2.75) is 51.5 Å². The molecule has 1 N–H and O–H groups in total. The zero-order valence-electron chi connectivity index (χ0n) is 13.4. The molecule has 1 saturated heterocycles. The van der Waals surface area contributed by atoms with Crippen molar-refractivity contribution in [1.29, 1.82) is 0 Å². The van der Waals surface area contributed by atoms with Gasteiger partial charge in [0, 0.05) is 19.5 Å². The summed E-state index contributed by atoms with van der Waals surface area (Å²) in [5, 5.41) is 3.34. The van der Waals surface area contributed by atoms with Crippen LogP contribution >= 0.6 is 0 Å². The van der Waals surface area contributed by atoms with E-state index in [1.807, 2.05) is 11.9 Å². The number of hydrogen-bond acceptors (Lipinski definition) is 2. The predicted molar refractivity (Wildman–Crippen MR) is 87.4 cm³/mol. The molecule has 0 atom stereocenters. The summed E-state index contributed by atoms with van der Waals surface area (Å²) in [7, 11) is 1.97. The number of aryl methyl sites for hydroxylation is 2. The van der Waals surface area contributed by atoms with Gasteiger partial charge in [0.25, 0.3) is 0 Å². The summed E-state index contributed by atoms with van der Waals surface area (Å²) < 4.78 is 0. The second kappa shape index (κ2) is 8.18. The van der Waals surface area contributed by atoms with Crippen molar-refractivity contribution in [2.75, 3.05) is 20.1 Å². The number of amides is 1. The average molecular weight is 288 g/mol. The third-order valence-corrected chi connectivity index (χ3v) is 4.48. The quantitative estimate of drug-likeness (QED) is 0.816. The molecule has 3 heteroatoms. The molecule has 0 radical (unpaired) electrons. The summed E-state index contributed by atoms with van der Waals surface area (Å²) in [5.41, 5.74) is 2.68. The van der Waals surface area contributed by atoms with E-state index in [9.17, 15) is 4.79 Å². The lowest BCUT2D eigenvalue weighted by molar-refractivity contribution is -0.132. The molecule has 2 rings (SSSR count). The van der Waals surface area contributed by atoms with E-state index in [2.05, 4.69) is 36.5 Å². The van der Waals surface area contributed by atoms with Crippen LogP contribution in [0.15, 0.2) is 24.3 Å². The van der Waals surface area contributed by atoms with Crippen LogP contribution in [0.3, 0.4) is 0 Å². The largest absolute Gasteiger partial charge is 0.343 e. The number of hydrogen-bond donors (Lipinski definition) is 1. The van der Waals surface area contributed by atoms with Gasteiger partial charge in [0.15, 0.2) is 0 Å². The number of nitrogens with one attached hydrogen (secondary N) is 1. The minimum Gasteiger partial charge on any atom is -0.343 e. The molecule has 0 bridgehead atoms. The van der Waals surface area contributed by atoms with Gasteiger partial charge in [-0.05, 0) is 57.7 Å². The van der Waals surface area contributed by atoms with Crippen LogP contribution in [0.25, 0.3) is 0 Å². The molecule has 0 aliphatic carbocycles. The minimum absolute atomic E-state index is 0.311. The molecule has 0 unspecified atom stereocenters. The van der Waals surface area contributed by atoms with Crippen LogP contribution in [-0.4, -0.2) is 37.0 Å². The minimum atomic E-state index is 0.311. The van der Waals surface area contributed by atoms with Crippen molar-refractivity contribution in [3.8, 4) is 0 Å². The Hall–Kier alpha value is -1.35. The van der Waals surface area contributed by atoms with Crippen molar-refractivity contribution >= 4 is 5.91 Å².